The summed E-state index contributed by atoms with van der Waals surface area (Å²) in [6, 6.07) is 6.68. The van der Waals surface area contributed by atoms with E-state index in [4.69, 9.17) is 9.47 Å². The largest absolute Gasteiger partial charge is 0.497 e. The van der Waals surface area contributed by atoms with Crippen molar-refractivity contribution in [3.63, 3.8) is 0 Å². The molecule has 2 fully saturated rings. The first kappa shape index (κ1) is 15.6. The summed E-state index contributed by atoms with van der Waals surface area (Å²) < 4.78 is 11.1. The van der Waals surface area contributed by atoms with E-state index in [9.17, 15) is 0 Å². The molecule has 1 atom stereocenters. The minimum Gasteiger partial charge on any atom is -0.497 e. The van der Waals surface area contributed by atoms with Crippen molar-refractivity contribution in [1.82, 2.24) is 10.2 Å². The summed E-state index contributed by atoms with van der Waals surface area (Å²) in [6.07, 6.45) is 5.38. The molecule has 1 N–H and O–H groups in total. The molecule has 122 valence electrons. The van der Waals surface area contributed by atoms with Gasteiger partial charge < -0.3 is 14.8 Å². The van der Waals surface area contributed by atoms with E-state index in [2.05, 4.69) is 22.3 Å². The van der Waals surface area contributed by atoms with Crippen molar-refractivity contribution in [3.05, 3.63) is 23.8 Å². The number of ether oxygens (including phenoxy) is 2. The van der Waals surface area contributed by atoms with Crippen LogP contribution < -0.4 is 14.8 Å². The van der Waals surface area contributed by atoms with Gasteiger partial charge in [0, 0.05) is 37.8 Å². The number of nitrogens with one attached hydrogen (secondary N) is 1. The van der Waals surface area contributed by atoms with Crippen LogP contribution in [0.5, 0.6) is 11.5 Å². The van der Waals surface area contributed by atoms with Crippen LogP contribution in [0.3, 0.4) is 0 Å². The van der Waals surface area contributed by atoms with Gasteiger partial charge in [-0.25, -0.2) is 0 Å². The quantitative estimate of drug-likeness (QED) is 0.907. The number of rotatable bonds is 5. The molecule has 0 bridgehead atoms. The lowest BCUT2D eigenvalue weighted by Crippen LogP contribution is -2.46. The van der Waals surface area contributed by atoms with Crippen LogP contribution in [0.15, 0.2) is 18.2 Å². The number of nitrogens with zero attached hydrogens (tertiary/aromatic N) is 1. The Balaban J connectivity index is 1.96. The minimum absolute atomic E-state index is 0.453. The summed E-state index contributed by atoms with van der Waals surface area (Å²) in [4.78, 5) is 2.64. The highest BCUT2D eigenvalue weighted by atomic mass is 16.5. The van der Waals surface area contributed by atoms with Gasteiger partial charge in [-0.2, -0.15) is 0 Å². The molecular formula is C18H28N2O2. The van der Waals surface area contributed by atoms with E-state index >= 15 is 0 Å². The Morgan fingerprint density at radius 1 is 1.09 bits per heavy atom. The van der Waals surface area contributed by atoms with Crippen molar-refractivity contribution in [1.29, 1.82) is 0 Å². The molecular weight excluding hydrogens is 276 g/mol. The Bertz CT molecular complexity index is 480. The second-order valence-electron chi connectivity index (χ2n) is 6.38. The number of benzene rings is 1. The van der Waals surface area contributed by atoms with Gasteiger partial charge in [-0.15, -0.1) is 0 Å². The lowest BCUT2D eigenvalue weighted by Gasteiger charge is -2.39. The van der Waals surface area contributed by atoms with Gasteiger partial charge in [-0.3, -0.25) is 4.90 Å². The normalized spacial score (nSPS) is 21.7. The first-order chi connectivity index (χ1) is 10.8. The van der Waals surface area contributed by atoms with E-state index in [0.29, 0.717) is 6.04 Å². The van der Waals surface area contributed by atoms with E-state index in [-0.39, 0.29) is 0 Å². The fourth-order valence-electron chi connectivity index (χ4n) is 4.05. The zero-order valence-corrected chi connectivity index (χ0v) is 13.8. The van der Waals surface area contributed by atoms with Gasteiger partial charge in [-0.05, 0) is 37.0 Å². The molecule has 1 aromatic carbocycles. The second-order valence-corrected chi connectivity index (χ2v) is 6.38. The Kier molecular flexibility index (Phi) is 5.21. The molecule has 2 aliphatic rings. The molecule has 0 aromatic heterocycles. The highest BCUT2D eigenvalue weighted by molar-refractivity contribution is 5.42. The Morgan fingerprint density at radius 3 is 2.45 bits per heavy atom. The summed E-state index contributed by atoms with van der Waals surface area (Å²) in [7, 11) is 3.51. The Hall–Kier alpha value is -1.26. The van der Waals surface area contributed by atoms with E-state index in [0.717, 1.165) is 43.6 Å². The summed E-state index contributed by atoms with van der Waals surface area (Å²) in [5.41, 5.74) is 1.30. The third-order valence-corrected chi connectivity index (χ3v) is 5.15. The zero-order valence-electron chi connectivity index (χ0n) is 13.8. The van der Waals surface area contributed by atoms with Crippen LogP contribution in [-0.4, -0.2) is 45.3 Å². The fourth-order valence-corrected chi connectivity index (χ4v) is 4.05. The molecule has 1 saturated heterocycles. The van der Waals surface area contributed by atoms with Crippen molar-refractivity contribution in [2.24, 2.45) is 5.92 Å². The molecule has 0 amide bonds. The fraction of sp³-hybridized carbons (Fsp3) is 0.667. The number of hydrogen-bond donors (Lipinski definition) is 1. The zero-order chi connectivity index (χ0) is 15.4. The molecule has 1 saturated carbocycles. The van der Waals surface area contributed by atoms with Gasteiger partial charge in [0.2, 0.25) is 0 Å². The van der Waals surface area contributed by atoms with Crippen LogP contribution >= 0.6 is 0 Å². The van der Waals surface area contributed by atoms with E-state index in [1.807, 2.05) is 6.07 Å². The summed E-state index contributed by atoms with van der Waals surface area (Å²) in [5.74, 6) is 2.66. The maximum Gasteiger partial charge on any atom is 0.123 e. The molecule has 22 heavy (non-hydrogen) atoms. The standard InChI is InChI=1S/C18H28N2O2/c1-21-15-7-8-17(22-2)16(13-15)18(14-5-3-4-6-14)20-11-9-19-10-12-20/h7-8,13-14,18-19H,3-6,9-12H2,1-2H3/t18-/m1/s1. The van der Waals surface area contributed by atoms with Crippen molar-refractivity contribution in [2.75, 3.05) is 40.4 Å². The highest BCUT2D eigenvalue weighted by Crippen LogP contribution is 2.43. The predicted molar refractivity (Wildman–Crippen MR) is 88.7 cm³/mol. The number of piperazine rings is 1. The van der Waals surface area contributed by atoms with Crippen LogP contribution in [0.25, 0.3) is 0 Å². The summed E-state index contributed by atoms with van der Waals surface area (Å²) in [6.45, 7) is 4.38. The minimum atomic E-state index is 0.453. The van der Waals surface area contributed by atoms with Crippen molar-refractivity contribution in [2.45, 2.75) is 31.7 Å². The monoisotopic (exact) mass is 304 g/mol. The molecule has 4 heteroatoms. The topological polar surface area (TPSA) is 33.7 Å². The van der Waals surface area contributed by atoms with Crippen molar-refractivity contribution < 1.29 is 9.47 Å². The van der Waals surface area contributed by atoms with Crippen molar-refractivity contribution >= 4 is 0 Å². The highest BCUT2D eigenvalue weighted by Gasteiger charge is 2.33. The molecule has 1 aliphatic carbocycles. The van der Waals surface area contributed by atoms with Gasteiger partial charge in [0.05, 0.1) is 14.2 Å². The molecule has 1 aromatic rings. The smallest absolute Gasteiger partial charge is 0.123 e. The lowest BCUT2D eigenvalue weighted by molar-refractivity contribution is 0.123. The molecule has 0 unspecified atom stereocenters. The van der Waals surface area contributed by atoms with Crippen LogP contribution in [0.1, 0.15) is 37.3 Å². The van der Waals surface area contributed by atoms with Crippen LogP contribution in [-0.2, 0) is 0 Å². The van der Waals surface area contributed by atoms with Gasteiger partial charge in [-0.1, -0.05) is 12.8 Å². The molecule has 0 spiro atoms. The van der Waals surface area contributed by atoms with E-state index in [1.165, 1.54) is 31.2 Å². The Morgan fingerprint density at radius 2 is 1.82 bits per heavy atom. The third kappa shape index (κ3) is 3.23. The third-order valence-electron chi connectivity index (χ3n) is 5.15. The predicted octanol–water partition coefficient (Wildman–Crippen LogP) is 2.84. The van der Waals surface area contributed by atoms with Gasteiger partial charge in [0.1, 0.15) is 11.5 Å². The molecule has 0 radical (unpaired) electrons. The first-order valence-corrected chi connectivity index (χ1v) is 8.50. The molecule has 1 heterocycles. The van der Waals surface area contributed by atoms with E-state index < -0.39 is 0 Å². The average molecular weight is 304 g/mol. The van der Waals surface area contributed by atoms with Gasteiger partial charge in [0.15, 0.2) is 0 Å². The van der Waals surface area contributed by atoms with Gasteiger partial charge >= 0.3 is 0 Å². The van der Waals surface area contributed by atoms with E-state index in [1.54, 1.807) is 14.2 Å². The number of methoxy groups -OCH3 is 2. The molecule has 4 nitrogen and oxygen atoms in total. The molecule has 3 rings (SSSR count). The second kappa shape index (κ2) is 7.34. The van der Waals surface area contributed by atoms with Crippen LogP contribution in [0.4, 0.5) is 0 Å². The number of hydrogen-bond acceptors (Lipinski definition) is 4. The van der Waals surface area contributed by atoms with Crippen LogP contribution in [0, 0.1) is 5.92 Å². The molecule has 1 aliphatic heterocycles. The van der Waals surface area contributed by atoms with Gasteiger partial charge in [0.25, 0.3) is 0 Å². The summed E-state index contributed by atoms with van der Waals surface area (Å²) in [5, 5.41) is 3.47. The maximum atomic E-state index is 5.68. The summed E-state index contributed by atoms with van der Waals surface area (Å²) >= 11 is 0. The first-order valence-electron chi connectivity index (χ1n) is 8.50. The SMILES string of the molecule is COc1ccc(OC)c([C@@H](C2CCCC2)N2CCNCC2)c1. The van der Waals surface area contributed by atoms with Crippen LogP contribution in [0.2, 0.25) is 0 Å². The average Bonchev–Trinajstić information content (AvgIpc) is 3.10. The Labute approximate surface area is 133 Å². The lowest BCUT2D eigenvalue weighted by atomic mass is 9.89. The van der Waals surface area contributed by atoms with Crippen molar-refractivity contribution in [3.8, 4) is 11.5 Å². The maximum absolute atomic E-state index is 5.68.